The van der Waals surface area contributed by atoms with Gasteiger partial charge in [0, 0.05) is 10.7 Å². The number of benzene rings is 1. The number of nitrogens with one attached hydrogen (secondary N) is 2. The third-order valence-corrected chi connectivity index (χ3v) is 4.14. The molecule has 1 aromatic rings. The first kappa shape index (κ1) is 15.3. The second-order valence-electron chi connectivity index (χ2n) is 5.82. The summed E-state index contributed by atoms with van der Waals surface area (Å²) in [6.45, 7) is 3.63. The first-order valence-electron chi connectivity index (χ1n) is 7.39. The molecule has 4 heteroatoms. The van der Waals surface area contributed by atoms with Crippen LogP contribution < -0.4 is 10.6 Å². The van der Waals surface area contributed by atoms with Crippen LogP contribution in [0.4, 0.5) is 5.69 Å². The smallest absolute Gasteiger partial charge is 0.238 e. The fraction of sp³-hybridized carbons (Fsp3) is 0.562. The summed E-state index contributed by atoms with van der Waals surface area (Å²) in [5.74, 6) is 1.55. The van der Waals surface area contributed by atoms with Crippen LogP contribution >= 0.6 is 11.6 Å². The van der Waals surface area contributed by atoms with E-state index in [0.717, 1.165) is 24.1 Å². The lowest BCUT2D eigenvalue weighted by molar-refractivity contribution is -0.115. The fourth-order valence-electron chi connectivity index (χ4n) is 2.87. The minimum atomic E-state index is -0.00354. The minimum absolute atomic E-state index is 0.00354. The normalized spacial score (nSPS) is 22.5. The quantitative estimate of drug-likeness (QED) is 0.869. The molecule has 110 valence electrons. The summed E-state index contributed by atoms with van der Waals surface area (Å²) >= 11 is 5.80. The van der Waals surface area contributed by atoms with Gasteiger partial charge in [-0.15, -0.1) is 0 Å². The lowest BCUT2D eigenvalue weighted by Crippen LogP contribution is -2.33. The van der Waals surface area contributed by atoms with Crippen molar-refractivity contribution in [2.45, 2.75) is 32.6 Å². The van der Waals surface area contributed by atoms with Gasteiger partial charge in [0.05, 0.1) is 6.54 Å². The summed E-state index contributed by atoms with van der Waals surface area (Å²) in [6, 6.07) is 7.16. The van der Waals surface area contributed by atoms with Crippen molar-refractivity contribution in [3.05, 3.63) is 29.3 Å². The second kappa shape index (κ2) is 7.65. The van der Waals surface area contributed by atoms with Crippen molar-refractivity contribution in [1.82, 2.24) is 5.32 Å². The third kappa shape index (κ3) is 5.14. The topological polar surface area (TPSA) is 41.1 Å². The van der Waals surface area contributed by atoms with E-state index in [4.69, 9.17) is 11.6 Å². The van der Waals surface area contributed by atoms with Gasteiger partial charge in [-0.1, -0.05) is 31.4 Å². The molecule has 1 fully saturated rings. The predicted molar refractivity (Wildman–Crippen MR) is 84.1 cm³/mol. The molecule has 1 saturated carbocycles. The highest BCUT2D eigenvalue weighted by Crippen LogP contribution is 2.27. The van der Waals surface area contributed by atoms with Gasteiger partial charge in [-0.2, -0.15) is 0 Å². The molecule has 0 heterocycles. The maximum atomic E-state index is 11.8. The van der Waals surface area contributed by atoms with Crippen molar-refractivity contribution in [3.63, 3.8) is 0 Å². The van der Waals surface area contributed by atoms with Crippen molar-refractivity contribution < 1.29 is 4.79 Å². The van der Waals surface area contributed by atoms with E-state index in [1.807, 2.05) is 12.1 Å². The Kier molecular flexibility index (Phi) is 5.86. The Bertz CT molecular complexity index is 433. The molecule has 0 aromatic heterocycles. The molecule has 2 N–H and O–H groups in total. The number of anilines is 1. The summed E-state index contributed by atoms with van der Waals surface area (Å²) in [6.07, 6.45) is 5.25. The fourth-order valence-corrected chi connectivity index (χ4v) is 3.00. The van der Waals surface area contributed by atoms with E-state index < -0.39 is 0 Å². The number of carbonyl (C=O) groups excluding carboxylic acids is 1. The van der Waals surface area contributed by atoms with Crippen LogP contribution in [0.2, 0.25) is 5.02 Å². The number of halogens is 1. The van der Waals surface area contributed by atoms with Gasteiger partial charge in [0.1, 0.15) is 0 Å². The van der Waals surface area contributed by atoms with Gasteiger partial charge in [0.2, 0.25) is 5.91 Å². The summed E-state index contributed by atoms with van der Waals surface area (Å²) < 4.78 is 0. The summed E-state index contributed by atoms with van der Waals surface area (Å²) in [5.41, 5.74) is 0.785. The van der Waals surface area contributed by atoms with Crippen LogP contribution in [0.25, 0.3) is 0 Å². The predicted octanol–water partition coefficient (Wildman–Crippen LogP) is 3.69. The van der Waals surface area contributed by atoms with Crippen LogP contribution in [0.5, 0.6) is 0 Å². The number of carbonyl (C=O) groups is 1. The monoisotopic (exact) mass is 294 g/mol. The Labute approximate surface area is 126 Å². The van der Waals surface area contributed by atoms with E-state index in [2.05, 4.69) is 17.6 Å². The highest BCUT2D eigenvalue weighted by molar-refractivity contribution is 6.30. The zero-order chi connectivity index (χ0) is 14.4. The van der Waals surface area contributed by atoms with E-state index in [1.54, 1.807) is 12.1 Å². The van der Waals surface area contributed by atoms with Crippen LogP contribution in [0.15, 0.2) is 24.3 Å². The van der Waals surface area contributed by atoms with E-state index in [1.165, 1.54) is 25.7 Å². The molecule has 1 aliphatic carbocycles. The average molecular weight is 295 g/mol. The largest absolute Gasteiger partial charge is 0.325 e. The minimum Gasteiger partial charge on any atom is -0.325 e. The van der Waals surface area contributed by atoms with Gasteiger partial charge in [0.25, 0.3) is 0 Å². The van der Waals surface area contributed by atoms with Crippen LogP contribution in [0, 0.1) is 11.8 Å². The number of rotatable bonds is 5. The molecule has 0 aliphatic heterocycles. The maximum Gasteiger partial charge on any atom is 0.238 e. The van der Waals surface area contributed by atoms with Crippen LogP contribution in [-0.2, 0) is 4.79 Å². The Morgan fingerprint density at radius 3 is 2.75 bits per heavy atom. The summed E-state index contributed by atoms with van der Waals surface area (Å²) in [7, 11) is 0. The molecule has 2 rings (SSSR count). The molecule has 2 atom stereocenters. The summed E-state index contributed by atoms with van der Waals surface area (Å²) in [5, 5.41) is 6.80. The lowest BCUT2D eigenvalue weighted by atomic mass is 9.82. The highest BCUT2D eigenvalue weighted by atomic mass is 35.5. The van der Waals surface area contributed by atoms with Gasteiger partial charge in [-0.3, -0.25) is 4.79 Å². The van der Waals surface area contributed by atoms with Crippen molar-refractivity contribution in [2.75, 3.05) is 18.4 Å². The van der Waals surface area contributed by atoms with Gasteiger partial charge >= 0.3 is 0 Å². The molecule has 0 bridgehead atoms. The Morgan fingerprint density at radius 1 is 1.30 bits per heavy atom. The Balaban J connectivity index is 1.66. The number of amides is 1. The van der Waals surface area contributed by atoms with E-state index in [0.29, 0.717) is 11.6 Å². The van der Waals surface area contributed by atoms with Crippen LogP contribution in [0.3, 0.4) is 0 Å². The molecule has 0 radical (unpaired) electrons. The first-order chi connectivity index (χ1) is 9.63. The molecular weight excluding hydrogens is 272 g/mol. The molecule has 3 nitrogen and oxygen atoms in total. The standard InChI is InChI=1S/C16H23ClN2O/c1-12-3-2-4-13(9-12)10-18-11-16(20)19-15-7-5-14(17)6-8-15/h5-8,12-13,18H,2-4,9-11H2,1H3,(H,19,20). The number of hydrogen-bond acceptors (Lipinski definition) is 2. The second-order valence-corrected chi connectivity index (χ2v) is 6.26. The summed E-state index contributed by atoms with van der Waals surface area (Å²) in [4.78, 5) is 11.8. The Hall–Kier alpha value is -1.06. The lowest BCUT2D eigenvalue weighted by Gasteiger charge is -2.26. The Morgan fingerprint density at radius 2 is 2.05 bits per heavy atom. The van der Waals surface area contributed by atoms with E-state index in [-0.39, 0.29) is 5.91 Å². The van der Waals surface area contributed by atoms with E-state index >= 15 is 0 Å². The van der Waals surface area contributed by atoms with Crippen LogP contribution in [0.1, 0.15) is 32.6 Å². The van der Waals surface area contributed by atoms with Crippen molar-refractivity contribution in [3.8, 4) is 0 Å². The number of hydrogen-bond donors (Lipinski definition) is 2. The molecule has 0 saturated heterocycles. The molecule has 0 spiro atoms. The van der Waals surface area contributed by atoms with Gasteiger partial charge in [0.15, 0.2) is 0 Å². The highest BCUT2D eigenvalue weighted by Gasteiger charge is 2.18. The molecular formula is C16H23ClN2O. The molecule has 1 amide bonds. The average Bonchev–Trinajstić information content (AvgIpc) is 2.41. The van der Waals surface area contributed by atoms with E-state index in [9.17, 15) is 4.79 Å². The van der Waals surface area contributed by atoms with Gasteiger partial charge in [-0.25, -0.2) is 0 Å². The molecule has 1 aliphatic rings. The zero-order valence-corrected chi connectivity index (χ0v) is 12.7. The first-order valence-corrected chi connectivity index (χ1v) is 7.77. The molecule has 2 unspecified atom stereocenters. The SMILES string of the molecule is CC1CCCC(CNCC(=O)Nc2ccc(Cl)cc2)C1. The van der Waals surface area contributed by atoms with Gasteiger partial charge < -0.3 is 10.6 Å². The zero-order valence-electron chi connectivity index (χ0n) is 12.0. The van der Waals surface area contributed by atoms with Crippen molar-refractivity contribution in [2.24, 2.45) is 11.8 Å². The molecule has 1 aromatic carbocycles. The molecule has 20 heavy (non-hydrogen) atoms. The van der Waals surface area contributed by atoms with Crippen molar-refractivity contribution >= 4 is 23.2 Å². The van der Waals surface area contributed by atoms with Crippen molar-refractivity contribution in [1.29, 1.82) is 0 Å². The maximum absolute atomic E-state index is 11.8. The van der Waals surface area contributed by atoms with Gasteiger partial charge in [-0.05, 0) is 55.5 Å². The third-order valence-electron chi connectivity index (χ3n) is 3.89. The van der Waals surface area contributed by atoms with Crippen LogP contribution in [-0.4, -0.2) is 19.0 Å².